The van der Waals surface area contributed by atoms with Crippen LogP contribution in [0.5, 0.6) is 0 Å². The van der Waals surface area contributed by atoms with Crippen LogP contribution in [-0.4, -0.2) is 24.1 Å². The van der Waals surface area contributed by atoms with Crippen LogP contribution in [0.4, 0.5) is 0 Å². The third kappa shape index (κ3) is 6.80. The van der Waals surface area contributed by atoms with Crippen molar-refractivity contribution in [3.8, 4) is 6.07 Å². The maximum absolute atomic E-state index is 12.7. The molecule has 134 valence electrons. The Bertz CT molecular complexity index is 653. The summed E-state index contributed by atoms with van der Waals surface area (Å²) in [6, 6.07) is 11.6. The average molecular weight is 343 g/mol. The molecule has 5 nitrogen and oxygen atoms in total. The summed E-state index contributed by atoms with van der Waals surface area (Å²) in [6.07, 6.45) is 3.13. The van der Waals surface area contributed by atoms with E-state index in [2.05, 4.69) is 0 Å². The third-order valence-corrected chi connectivity index (χ3v) is 3.40. The molecule has 0 aromatic heterocycles. The number of carbonyl (C=O) groups is 2. The summed E-state index contributed by atoms with van der Waals surface area (Å²) in [6.45, 7) is 7.11. The molecule has 1 unspecified atom stereocenters. The van der Waals surface area contributed by atoms with E-state index in [1.165, 1.54) is 6.08 Å². The highest BCUT2D eigenvalue weighted by atomic mass is 16.6. The lowest BCUT2D eigenvalue weighted by molar-refractivity contribution is -0.161. The highest BCUT2D eigenvalue weighted by molar-refractivity contribution is 5.87. The van der Waals surface area contributed by atoms with E-state index in [0.29, 0.717) is 6.42 Å². The molecule has 1 aromatic rings. The minimum atomic E-state index is -1.55. The Kier molecular flexibility index (Phi) is 7.38. The molecule has 0 aliphatic heterocycles. The maximum atomic E-state index is 12.7. The number of esters is 2. The predicted molar refractivity (Wildman–Crippen MR) is 94.4 cm³/mol. The Morgan fingerprint density at radius 3 is 2.36 bits per heavy atom. The number of nitrogens with zero attached hydrogens (tertiary/aromatic N) is 1. The average Bonchev–Trinajstić information content (AvgIpc) is 2.55. The smallest absolute Gasteiger partial charge is 0.331 e. The Labute approximate surface area is 149 Å². The summed E-state index contributed by atoms with van der Waals surface area (Å²) in [7, 11) is 0. The quantitative estimate of drug-likeness (QED) is 0.558. The van der Waals surface area contributed by atoms with Gasteiger partial charge >= 0.3 is 11.9 Å². The molecule has 0 N–H and O–H groups in total. The summed E-state index contributed by atoms with van der Waals surface area (Å²) in [5, 5.41) is 9.71. The van der Waals surface area contributed by atoms with Crippen molar-refractivity contribution in [1.29, 1.82) is 5.26 Å². The van der Waals surface area contributed by atoms with E-state index in [0.717, 1.165) is 11.6 Å². The molecule has 0 saturated heterocycles. The fourth-order valence-corrected chi connectivity index (χ4v) is 2.15. The van der Waals surface area contributed by atoms with Crippen molar-refractivity contribution in [2.75, 3.05) is 6.61 Å². The normalized spacial score (nSPS) is 13.7. The molecule has 0 aliphatic rings. The number of benzene rings is 1. The summed E-state index contributed by atoms with van der Waals surface area (Å²) >= 11 is 0. The van der Waals surface area contributed by atoms with Gasteiger partial charge in [-0.3, -0.25) is 0 Å². The minimum absolute atomic E-state index is 0.207. The number of hydrogen-bond donors (Lipinski definition) is 0. The molecule has 5 heteroatoms. The van der Waals surface area contributed by atoms with Crippen LogP contribution < -0.4 is 0 Å². The summed E-state index contributed by atoms with van der Waals surface area (Å²) in [5.41, 5.74) is -1.28. The molecular formula is C20H25NO4. The van der Waals surface area contributed by atoms with Crippen LogP contribution in [0.15, 0.2) is 42.5 Å². The molecule has 1 atom stereocenters. The van der Waals surface area contributed by atoms with Crippen molar-refractivity contribution in [2.24, 2.45) is 5.41 Å². The zero-order chi connectivity index (χ0) is 18.9. The van der Waals surface area contributed by atoms with E-state index in [4.69, 9.17) is 9.47 Å². The van der Waals surface area contributed by atoms with Crippen LogP contribution in [0.1, 0.15) is 39.7 Å². The zero-order valence-electron chi connectivity index (χ0n) is 15.2. The minimum Gasteiger partial charge on any atom is -0.463 e. The van der Waals surface area contributed by atoms with Crippen LogP contribution in [0.3, 0.4) is 0 Å². The summed E-state index contributed by atoms with van der Waals surface area (Å²) in [4.78, 5) is 24.3. The SMILES string of the molecule is CCOC(=O)/C=C\C(C#N)(CCc1ccccc1)C(=O)OC(C)(C)C. The molecule has 1 rings (SSSR count). The summed E-state index contributed by atoms with van der Waals surface area (Å²) < 4.78 is 10.2. The maximum Gasteiger partial charge on any atom is 0.331 e. The molecular weight excluding hydrogens is 318 g/mol. The monoisotopic (exact) mass is 343 g/mol. The molecule has 0 fully saturated rings. The van der Waals surface area contributed by atoms with Crippen molar-refractivity contribution in [2.45, 2.75) is 46.1 Å². The lowest BCUT2D eigenvalue weighted by atomic mass is 9.82. The molecule has 1 aromatic carbocycles. The van der Waals surface area contributed by atoms with Gasteiger partial charge in [0, 0.05) is 6.08 Å². The van der Waals surface area contributed by atoms with Crippen LogP contribution in [0.2, 0.25) is 0 Å². The third-order valence-electron chi connectivity index (χ3n) is 3.40. The van der Waals surface area contributed by atoms with Gasteiger partial charge in [-0.1, -0.05) is 30.3 Å². The van der Waals surface area contributed by atoms with E-state index in [1.807, 2.05) is 36.4 Å². The predicted octanol–water partition coefficient (Wildman–Crippen LogP) is 3.59. The Hall–Kier alpha value is -2.61. The first-order valence-electron chi connectivity index (χ1n) is 8.27. The van der Waals surface area contributed by atoms with Crippen molar-refractivity contribution >= 4 is 11.9 Å². The standard InChI is InChI=1S/C20H25NO4/c1-5-24-17(22)12-14-20(15-21,18(23)25-19(2,3)4)13-11-16-9-7-6-8-10-16/h6-10,12,14H,5,11,13H2,1-4H3/b14-12-. The van der Waals surface area contributed by atoms with Gasteiger partial charge in [-0.25, -0.2) is 9.59 Å². The van der Waals surface area contributed by atoms with E-state index in [1.54, 1.807) is 27.7 Å². The van der Waals surface area contributed by atoms with Gasteiger partial charge in [-0.05, 0) is 52.2 Å². The lowest BCUT2D eigenvalue weighted by Crippen LogP contribution is -2.36. The van der Waals surface area contributed by atoms with Gasteiger partial charge in [-0.2, -0.15) is 5.26 Å². The first-order chi connectivity index (χ1) is 11.7. The number of nitriles is 1. The largest absolute Gasteiger partial charge is 0.463 e. The van der Waals surface area contributed by atoms with Gasteiger partial charge in [0.15, 0.2) is 5.41 Å². The molecule has 0 saturated carbocycles. The second-order valence-corrected chi connectivity index (χ2v) is 6.66. The van der Waals surface area contributed by atoms with Crippen LogP contribution in [-0.2, 0) is 25.5 Å². The van der Waals surface area contributed by atoms with Crippen molar-refractivity contribution in [1.82, 2.24) is 0 Å². The number of aryl methyl sites for hydroxylation is 1. The Morgan fingerprint density at radius 2 is 1.84 bits per heavy atom. The molecule has 0 spiro atoms. The fraction of sp³-hybridized carbons (Fsp3) is 0.450. The highest BCUT2D eigenvalue weighted by Gasteiger charge is 2.40. The number of ether oxygens (including phenoxy) is 2. The fourth-order valence-electron chi connectivity index (χ4n) is 2.15. The van der Waals surface area contributed by atoms with Crippen molar-refractivity contribution < 1.29 is 19.1 Å². The van der Waals surface area contributed by atoms with Crippen LogP contribution in [0, 0.1) is 16.7 Å². The number of rotatable bonds is 7. The number of hydrogen-bond acceptors (Lipinski definition) is 5. The molecule has 25 heavy (non-hydrogen) atoms. The van der Waals surface area contributed by atoms with Crippen LogP contribution >= 0.6 is 0 Å². The summed E-state index contributed by atoms with van der Waals surface area (Å²) in [5.74, 6) is -1.26. The van der Waals surface area contributed by atoms with E-state index >= 15 is 0 Å². The highest BCUT2D eigenvalue weighted by Crippen LogP contribution is 2.29. The molecule has 0 amide bonds. The van der Waals surface area contributed by atoms with Gasteiger partial charge in [0.05, 0.1) is 12.7 Å². The Balaban J connectivity index is 3.07. The first kappa shape index (κ1) is 20.4. The first-order valence-corrected chi connectivity index (χ1v) is 8.27. The second kappa shape index (κ2) is 9.03. The van der Waals surface area contributed by atoms with Gasteiger partial charge in [0.1, 0.15) is 5.60 Å². The van der Waals surface area contributed by atoms with Gasteiger partial charge in [-0.15, -0.1) is 0 Å². The van der Waals surface area contributed by atoms with E-state index in [-0.39, 0.29) is 13.0 Å². The second-order valence-electron chi connectivity index (χ2n) is 6.66. The van der Waals surface area contributed by atoms with Gasteiger partial charge < -0.3 is 9.47 Å². The molecule has 0 aliphatic carbocycles. The van der Waals surface area contributed by atoms with Gasteiger partial charge in [0.25, 0.3) is 0 Å². The molecule has 0 radical (unpaired) electrons. The number of carbonyl (C=O) groups excluding carboxylic acids is 2. The van der Waals surface area contributed by atoms with Gasteiger partial charge in [0.2, 0.25) is 0 Å². The topological polar surface area (TPSA) is 76.4 Å². The Morgan fingerprint density at radius 1 is 1.20 bits per heavy atom. The molecule has 0 bridgehead atoms. The van der Waals surface area contributed by atoms with Crippen LogP contribution in [0.25, 0.3) is 0 Å². The zero-order valence-corrected chi connectivity index (χ0v) is 15.2. The van der Waals surface area contributed by atoms with E-state index in [9.17, 15) is 14.9 Å². The molecule has 0 heterocycles. The van der Waals surface area contributed by atoms with Crippen molar-refractivity contribution in [3.63, 3.8) is 0 Å². The lowest BCUT2D eigenvalue weighted by Gasteiger charge is -2.27. The van der Waals surface area contributed by atoms with Crippen molar-refractivity contribution in [3.05, 3.63) is 48.0 Å². The van der Waals surface area contributed by atoms with E-state index < -0.39 is 23.0 Å².